The first-order chi connectivity index (χ1) is 7.66. The van der Waals surface area contributed by atoms with Crippen molar-refractivity contribution in [1.29, 1.82) is 0 Å². The number of ether oxygens (including phenoxy) is 1. The molecule has 1 saturated carbocycles. The summed E-state index contributed by atoms with van der Waals surface area (Å²) in [5.74, 6) is 0.0902. The fourth-order valence-electron chi connectivity index (χ4n) is 1.41. The molecule has 0 atom stereocenters. The predicted octanol–water partition coefficient (Wildman–Crippen LogP) is 0.762. The highest BCUT2D eigenvalue weighted by Crippen LogP contribution is 2.45. The summed E-state index contributed by atoms with van der Waals surface area (Å²) in [6.45, 7) is 0.357. The van der Waals surface area contributed by atoms with Crippen molar-refractivity contribution in [3.8, 4) is 5.88 Å². The van der Waals surface area contributed by atoms with E-state index in [1.807, 2.05) is 0 Å². The Morgan fingerprint density at radius 2 is 2.44 bits per heavy atom. The van der Waals surface area contributed by atoms with Gasteiger partial charge in [-0.1, -0.05) is 0 Å². The Morgan fingerprint density at radius 3 is 3.00 bits per heavy atom. The number of aromatic nitrogens is 2. The number of methoxy groups -OCH3 is 1. The van der Waals surface area contributed by atoms with Crippen LogP contribution in [-0.4, -0.2) is 34.7 Å². The average Bonchev–Trinajstić information content (AvgIpc) is 3.08. The second kappa shape index (κ2) is 3.96. The highest BCUT2D eigenvalue weighted by molar-refractivity contribution is 5.78. The van der Waals surface area contributed by atoms with Crippen molar-refractivity contribution in [2.75, 3.05) is 19.0 Å². The van der Waals surface area contributed by atoms with E-state index in [0.717, 1.165) is 0 Å². The van der Waals surface area contributed by atoms with Crippen molar-refractivity contribution in [3.63, 3.8) is 0 Å². The smallest absolute Gasteiger partial charge is 0.311 e. The van der Waals surface area contributed by atoms with Crippen LogP contribution in [0, 0.1) is 5.41 Å². The van der Waals surface area contributed by atoms with E-state index in [2.05, 4.69) is 15.3 Å². The largest absolute Gasteiger partial charge is 0.481 e. The number of hydrogen-bond donors (Lipinski definition) is 2. The monoisotopic (exact) mass is 223 g/mol. The normalized spacial score (nSPS) is 16.6. The molecule has 6 nitrogen and oxygen atoms in total. The minimum Gasteiger partial charge on any atom is -0.481 e. The number of nitrogens with one attached hydrogen (secondary N) is 1. The maximum Gasteiger partial charge on any atom is 0.311 e. The molecule has 16 heavy (non-hydrogen) atoms. The molecule has 2 N–H and O–H groups in total. The summed E-state index contributed by atoms with van der Waals surface area (Å²) in [6.07, 6.45) is 2.98. The molecule has 2 rings (SSSR count). The molecule has 0 amide bonds. The fourth-order valence-corrected chi connectivity index (χ4v) is 1.41. The van der Waals surface area contributed by atoms with Gasteiger partial charge >= 0.3 is 5.97 Å². The number of carboxylic acid groups (broad SMARTS) is 1. The molecule has 1 aliphatic rings. The summed E-state index contributed by atoms with van der Waals surface area (Å²) < 4.78 is 4.94. The summed E-state index contributed by atoms with van der Waals surface area (Å²) in [4.78, 5) is 18.9. The third-order valence-corrected chi connectivity index (χ3v) is 2.73. The molecule has 0 radical (unpaired) electrons. The molecule has 1 aromatic heterocycles. The van der Waals surface area contributed by atoms with Crippen molar-refractivity contribution in [2.45, 2.75) is 12.8 Å². The molecule has 0 aromatic carbocycles. The Morgan fingerprint density at radius 1 is 1.69 bits per heavy atom. The molecule has 1 aromatic rings. The van der Waals surface area contributed by atoms with Crippen LogP contribution in [0.15, 0.2) is 12.3 Å². The lowest BCUT2D eigenvalue weighted by atomic mass is 10.1. The lowest BCUT2D eigenvalue weighted by molar-refractivity contribution is -0.142. The molecule has 0 unspecified atom stereocenters. The third kappa shape index (κ3) is 2.05. The standard InChI is InChI=1S/C10H13N3O3/c1-16-7-2-5-11-9(13-7)12-6-10(3-4-10)8(14)15/h2,5H,3-4,6H2,1H3,(H,14,15)(H,11,12,13). The fraction of sp³-hybridized carbons (Fsp3) is 0.500. The highest BCUT2D eigenvalue weighted by atomic mass is 16.5. The predicted molar refractivity (Wildman–Crippen MR) is 56.4 cm³/mol. The van der Waals surface area contributed by atoms with Gasteiger partial charge in [-0.25, -0.2) is 4.98 Å². The average molecular weight is 223 g/mol. The van der Waals surface area contributed by atoms with Crippen LogP contribution in [0.5, 0.6) is 5.88 Å². The Labute approximate surface area is 92.7 Å². The number of hydrogen-bond acceptors (Lipinski definition) is 5. The van der Waals surface area contributed by atoms with Gasteiger partial charge in [-0.3, -0.25) is 4.79 Å². The first kappa shape index (κ1) is 10.7. The zero-order chi connectivity index (χ0) is 11.6. The number of nitrogens with zero attached hydrogens (tertiary/aromatic N) is 2. The van der Waals surface area contributed by atoms with E-state index in [1.54, 1.807) is 12.3 Å². The molecular weight excluding hydrogens is 210 g/mol. The van der Waals surface area contributed by atoms with Gasteiger partial charge in [0, 0.05) is 18.8 Å². The van der Waals surface area contributed by atoms with E-state index in [0.29, 0.717) is 31.2 Å². The third-order valence-electron chi connectivity index (χ3n) is 2.73. The van der Waals surface area contributed by atoms with Crippen LogP contribution < -0.4 is 10.1 Å². The van der Waals surface area contributed by atoms with Gasteiger partial charge in [0.15, 0.2) is 0 Å². The van der Waals surface area contributed by atoms with E-state index < -0.39 is 11.4 Å². The van der Waals surface area contributed by atoms with E-state index in [9.17, 15) is 4.79 Å². The van der Waals surface area contributed by atoms with Crippen LogP contribution in [0.2, 0.25) is 0 Å². The molecular formula is C10H13N3O3. The van der Waals surface area contributed by atoms with Gasteiger partial charge in [-0.2, -0.15) is 4.98 Å². The summed E-state index contributed by atoms with van der Waals surface area (Å²) in [6, 6.07) is 1.63. The van der Waals surface area contributed by atoms with Crippen molar-refractivity contribution >= 4 is 11.9 Å². The second-order valence-corrected chi connectivity index (χ2v) is 3.86. The van der Waals surface area contributed by atoms with Gasteiger partial charge < -0.3 is 15.2 Å². The van der Waals surface area contributed by atoms with Gasteiger partial charge in [0.2, 0.25) is 11.8 Å². The highest BCUT2D eigenvalue weighted by Gasteiger charge is 2.50. The molecule has 1 heterocycles. The van der Waals surface area contributed by atoms with E-state index >= 15 is 0 Å². The molecule has 6 heteroatoms. The summed E-state index contributed by atoms with van der Waals surface area (Å²) in [5.41, 5.74) is -0.619. The van der Waals surface area contributed by atoms with Gasteiger partial charge in [-0.15, -0.1) is 0 Å². The SMILES string of the molecule is COc1ccnc(NCC2(C(=O)O)CC2)n1. The number of rotatable bonds is 5. The quantitative estimate of drug-likeness (QED) is 0.766. The summed E-state index contributed by atoms with van der Waals surface area (Å²) in [7, 11) is 1.52. The van der Waals surface area contributed by atoms with Crippen LogP contribution in [-0.2, 0) is 4.79 Å². The molecule has 86 valence electrons. The topological polar surface area (TPSA) is 84.3 Å². The first-order valence-corrected chi connectivity index (χ1v) is 5.01. The Bertz CT molecular complexity index is 404. The Kier molecular flexibility index (Phi) is 2.64. The van der Waals surface area contributed by atoms with E-state index in [4.69, 9.17) is 9.84 Å². The first-order valence-electron chi connectivity index (χ1n) is 5.01. The molecule has 1 aliphatic carbocycles. The van der Waals surface area contributed by atoms with Crippen molar-refractivity contribution in [3.05, 3.63) is 12.3 Å². The zero-order valence-corrected chi connectivity index (χ0v) is 8.93. The zero-order valence-electron chi connectivity index (χ0n) is 8.93. The minimum atomic E-state index is -0.761. The van der Waals surface area contributed by atoms with Crippen LogP contribution in [0.4, 0.5) is 5.95 Å². The van der Waals surface area contributed by atoms with Crippen LogP contribution >= 0.6 is 0 Å². The van der Waals surface area contributed by atoms with Crippen molar-refractivity contribution in [2.24, 2.45) is 5.41 Å². The maximum absolute atomic E-state index is 10.9. The van der Waals surface area contributed by atoms with Crippen LogP contribution in [0.3, 0.4) is 0 Å². The van der Waals surface area contributed by atoms with Gasteiger partial charge in [0.25, 0.3) is 0 Å². The van der Waals surface area contributed by atoms with Gasteiger partial charge in [0.05, 0.1) is 12.5 Å². The van der Waals surface area contributed by atoms with E-state index in [1.165, 1.54) is 7.11 Å². The molecule has 0 aliphatic heterocycles. The van der Waals surface area contributed by atoms with E-state index in [-0.39, 0.29) is 0 Å². The molecule has 0 bridgehead atoms. The Balaban J connectivity index is 1.97. The summed E-state index contributed by atoms with van der Waals surface area (Å²) >= 11 is 0. The number of carboxylic acids is 1. The van der Waals surface area contributed by atoms with Gasteiger partial charge in [0.1, 0.15) is 0 Å². The lowest BCUT2D eigenvalue weighted by Gasteiger charge is -2.10. The maximum atomic E-state index is 10.9. The molecule has 1 fully saturated rings. The molecule has 0 saturated heterocycles. The Hall–Kier alpha value is -1.85. The lowest BCUT2D eigenvalue weighted by Crippen LogP contribution is -2.25. The molecule has 0 spiro atoms. The number of carbonyl (C=O) groups is 1. The van der Waals surface area contributed by atoms with Crippen LogP contribution in [0.25, 0.3) is 0 Å². The number of aliphatic carboxylic acids is 1. The van der Waals surface area contributed by atoms with Crippen molar-refractivity contribution in [1.82, 2.24) is 9.97 Å². The summed E-state index contributed by atoms with van der Waals surface area (Å²) in [5, 5.41) is 11.9. The number of anilines is 1. The van der Waals surface area contributed by atoms with Crippen molar-refractivity contribution < 1.29 is 14.6 Å². The van der Waals surface area contributed by atoms with Crippen LogP contribution in [0.1, 0.15) is 12.8 Å². The van der Waals surface area contributed by atoms with Gasteiger partial charge in [-0.05, 0) is 12.8 Å². The second-order valence-electron chi connectivity index (χ2n) is 3.86. The minimum absolute atomic E-state index is 0.357.